The number of carbonyl (C=O) groups excluding carboxylic acids is 1. The number of aryl methyl sites for hydroxylation is 1. The third-order valence-corrected chi connectivity index (χ3v) is 6.52. The molecule has 3 aromatic rings. The Kier molecular flexibility index (Phi) is 6.97. The fourth-order valence-electron chi connectivity index (χ4n) is 2.62. The highest BCUT2D eigenvalue weighted by molar-refractivity contribution is 9.10. The third kappa shape index (κ3) is 5.39. The molecule has 0 saturated carbocycles. The summed E-state index contributed by atoms with van der Waals surface area (Å²) in [5.41, 5.74) is 4.16. The molecule has 0 saturated heterocycles. The van der Waals surface area contributed by atoms with Crippen LogP contribution in [0.4, 0.5) is 5.69 Å². The van der Waals surface area contributed by atoms with Gasteiger partial charge in [0.2, 0.25) is 5.91 Å². The summed E-state index contributed by atoms with van der Waals surface area (Å²) in [6.07, 6.45) is 0. The van der Waals surface area contributed by atoms with Gasteiger partial charge in [-0.15, -0.1) is 10.2 Å². The van der Waals surface area contributed by atoms with Crippen LogP contribution in [0.2, 0.25) is 0 Å². The van der Waals surface area contributed by atoms with Crippen molar-refractivity contribution >= 4 is 39.3 Å². The van der Waals surface area contributed by atoms with Crippen molar-refractivity contribution in [3.63, 3.8) is 0 Å². The van der Waals surface area contributed by atoms with Gasteiger partial charge in [-0.05, 0) is 56.2 Å². The van der Waals surface area contributed by atoms with Gasteiger partial charge in [-0.1, -0.05) is 45.4 Å². The highest BCUT2D eigenvalue weighted by Gasteiger charge is 2.13. The first kappa shape index (κ1) is 21.4. The van der Waals surface area contributed by atoms with E-state index in [2.05, 4.69) is 31.4 Å². The van der Waals surface area contributed by atoms with Crippen molar-refractivity contribution in [1.29, 1.82) is 0 Å². The average molecular weight is 475 g/mol. The summed E-state index contributed by atoms with van der Waals surface area (Å²) in [6.45, 7) is 6.36. The topological polar surface area (TPSA) is 69.0 Å². The zero-order valence-electron chi connectivity index (χ0n) is 16.8. The Bertz CT molecular complexity index is 1020. The molecule has 29 heavy (non-hydrogen) atoms. The van der Waals surface area contributed by atoms with Crippen molar-refractivity contribution in [2.75, 3.05) is 11.1 Å². The fraction of sp³-hybridized carbons (Fsp3) is 0.286. The minimum Gasteiger partial charge on any atom is -0.486 e. The van der Waals surface area contributed by atoms with Crippen LogP contribution < -0.4 is 10.1 Å². The highest BCUT2D eigenvalue weighted by atomic mass is 79.9. The summed E-state index contributed by atoms with van der Waals surface area (Å²) in [5, 5.41) is 12.0. The van der Waals surface area contributed by atoms with Crippen LogP contribution in [0.15, 0.2) is 46.0 Å². The SMILES string of the molecule is Cc1ccc(OCc2nnc(SCC(=O)Nc3ccc(Br)c(C)c3C)n2C)cc1. The van der Waals surface area contributed by atoms with Crippen LogP contribution in [0.1, 0.15) is 22.5 Å². The molecular formula is C21H23BrN4O2S. The summed E-state index contributed by atoms with van der Waals surface area (Å²) in [7, 11) is 1.87. The van der Waals surface area contributed by atoms with Gasteiger partial charge in [-0.25, -0.2) is 0 Å². The van der Waals surface area contributed by atoms with E-state index in [0.29, 0.717) is 17.6 Å². The number of amides is 1. The van der Waals surface area contributed by atoms with Crippen LogP contribution in [-0.2, 0) is 18.4 Å². The predicted molar refractivity (Wildman–Crippen MR) is 119 cm³/mol. The number of thioether (sulfide) groups is 1. The largest absolute Gasteiger partial charge is 0.486 e. The van der Waals surface area contributed by atoms with Crippen molar-refractivity contribution < 1.29 is 9.53 Å². The predicted octanol–water partition coefficient (Wildman–Crippen LogP) is 4.81. The Hall–Kier alpha value is -2.32. The van der Waals surface area contributed by atoms with Gasteiger partial charge < -0.3 is 14.6 Å². The van der Waals surface area contributed by atoms with E-state index in [4.69, 9.17) is 4.74 Å². The van der Waals surface area contributed by atoms with Gasteiger partial charge >= 0.3 is 0 Å². The lowest BCUT2D eigenvalue weighted by Gasteiger charge is -2.11. The molecule has 0 unspecified atom stereocenters. The summed E-state index contributed by atoms with van der Waals surface area (Å²) in [6, 6.07) is 11.7. The van der Waals surface area contributed by atoms with Gasteiger partial charge in [0.15, 0.2) is 11.0 Å². The molecular weight excluding hydrogens is 452 g/mol. The second-order valence-electron chi connectivity index (χ2n) is 6.74. The maximum Gasteiger partial charge on any atom is 0.234 e. The molecule has 0 spiro atoms. The van der Waals surface area contributed by atoms with E-state index >= 15 is 0 Å². The first-order chi connectivity index (χ1) is 13.8. The second kappa shape index (κ2) is 9.45. The molecule has 0 radical (unpaired) electrons. The van der Waals surface area contributed by atoms with Gasteiger partial charge in [0, 0.05) is 17.2 Å². The Labute approximate surface area is 183 Å². The first-order valence-electron chi connectivity index (χ1n) is 9.11. The average Bonchev–Trinajstić information content (AvgIpc) is 3.06. The fourth-order valence-corrected chi connectivity index (χ4v) is 3.78. The van der Waals surface area contributed by atoms with Gasteiger partial charge in [0.05, 0.1) is 5.75 Å². The molecule has 152 valence electrons. The maximum absolute atomic E-state index is 12.4. The minimum atomic E-state index is -0.0831. The van der Waals surface area contributed by atoms with Crippen molar-refractivity contribution in [2.45, 2.75) is 32.5 Å². The Morgan fingerprint density at radius 1 is 1.10 bits per heavy atom. The summed E-state index contributed by atoms with van der Waals surface area (Å²) in [5.74, 6) is 1.65. The molecule has 0 fully saturated rings. The van der Waals surface area contributed by atoms with E-state index in [0.717, 1.165) is 27.0 Å². The highest BCUT2D eigenvalue weighted by Crippen LogP contribution is 2.26. The number of benzene rings is 2. The quantitative estimate of drug-likeness (QED) is 0.497. The molecule has 1 heterocycles. The van der Waals surface area contributed by atoms with E-state index in [1.807, 2.05) is 68.8 Å². The molecule has 1 N–H and O–H groups in total. The third-order valence-electron chi connectivity index (χ3n) is 4.64. The summed E-state index contributed by atoms with van der Waals surface area (Å²) >= 11 is 4.85. The number of halogens is 1. The van der Waals surface area contributed by atoms with E-state index in [1.54, 1.807) is 0 Å². The van der Waals surface area contributed by atoms with E-state index in [1.165, 1.54) is 17.3 Å². The number of carbonyl (C=O) groups is 1. The molecule has 0 bridgehead atoms. The van der Waals surface area contributed by atoms with Crippen LogP contribution in [0, 0.1) is 20.8 Å². The molecule has 3 rings (SSSR count). The lowest BCUT2D eigenvalue weighted by Crippen LogP contribution is -2.15. The standard InChI is InChI=1S/C21H23BrN4O2S/c1-13-5-7-16(8-6-13)28-11-19-24-25-21(26(19)4)29-12-20(27)23-18-10-9-17(22)14(2)15(18)3/h5-10H,11-12H2,1-4H3,(H,23,27). The number of hydrogen-bond donors (Lipinski definition) is 1. The lowest BCUT2D eigenvalue weighted by molar-refractivity contribution is -0.113. The normalized spacial score (nSPS) is 10.8. The van der Waals surface area contributed by atoms with Crippen molar-refractivity contribution in [1.82, 2.24) is 14.8 Å². The Morgan fingerprint density at radius 2 is 1.83 bits per heavy atom. The molecule has 0 aliphatic carbocycles. The molecule has 0 aliphatic heterocycles. The van der Waals surface area contributed by atoms with Gasteiger partial charge in [-0.2, -0.15) is 0 Å². The van der Waals surface area contributed by atoms with Gasteiger partial charge in [0.1, 0.15) is 12.4 Å². The second-order valence-corrected chi connectivity index (χ2v) is 8.54. The number of hydrogen-bond acceptors (Lipinski definition) is 5. The van der Waals surface area contributed by atoms with Crippen molar-refractivity contribution in [3.8, 4) is 5.75 Å². The number of anilines is 1. The van der Waals surface area contributed by atoms with Crippen LogP contribution >= 0.6 is 27.7 Å². The van der Waals surface area contributed by atoms with Crippen molar-refractivity contribution in [2.24, 2.45) is 7.05 Å². The number of nitrogens with one attached hydrogen (secondary N) is 1. The summed E-state index contributed by atoms with van der Waals surface area (Å²) < 4.78 is 8.64. The molecule has 2 aromatic carbocycles. The molecule has 0 atom stereocenters. The lowest BCUT2D eigenvalue weighted by atomic mass is 10.1. The molecule has 0 aliphatic rings. The zero-order chi connectivity index (χ0) is 21.0. The van der Waals surface area contributed by atoms with Crippen molar-refractivity contribution in [3.05, 3.63) is 63.4 Å². The summed E-state index contributed by atoms with van der Waals surface area (Å²) in [4.78, 5) is 12.4. The Morgan fingerprint density at radius 3 is 2.55 bits per heavy atom. The Balaban J connectivity index is 1.55. The van der Waals surface area contributed by atoms with Crippen LogP contribution in [-0.4, -0.2) is 26.4 Å². The van der Waals surface area contributed by atoms with E-state index in [-0.39, 0.29) is 11.7 Å². The molecule has 8 heteroatoms. The van der Waals surface area contributed by atoms with Gasteiger partial charge in [-0.3, -0.25) is 4.79 Å². The number of aromatic nitrogens is 3. The number of nitrogens with zero attached hydrogens (tertiary/aromatic N) is 3. The minimum absolute atomic E-state index is 0.0831. The van der Waals surface area contributed by atoms with Crippen LogP contribution in [0.5, 0.6) is 5.75 Å². The van der Waals surface area contributed by atoms with E-state index < -0.39 is 0 Å². The number of ether oxygens (including phenoxy) is 1. The van der Waals surface area contributed by atoms with Crippen LogP contribution in [0.25, 0.3) is 0 Å². The zero-order valence-corrected chi connectivity index (χ0v) is 19.2. The van der Waals surface area contributed by atoms with Gasteiger partial charge in [0.25, 0.3) is 0 Å². The smallest absolute Gasteiger partial charge is 0.234 e. The number of rotatable bonds is 7. The molecule has 1 amide bonds. The first-order valence-corrected chi connectivity index (χ1v) is 10.9. The monoisotopic (exact) mass is 474 g/mol. The van der Waals surface area contributed by atoms with Crippen LogP contribution in [0.3, 0.4) is 0 Å². The maximum atomic E-state index is 12.4. The molecule has 6 nitrogen and oxygen atoms in total. The molecule has 1 aromatic heterocycles. The van der Waals surface area contributed by atoms with E-state index in [9.17, 15) is 4.79 Å².